The topological polar surface area (TPSA) is 18.5 Å². The van der Waals surface area contributed by atoms with E-state index < -0.39 is 0 Å². The van der Waals surface area contributed by atoms with Gasteiger partial charge in [-0.25, -0.2) is 0 Å². The van der Waals surface area contributed by atoms with Crippen LogP contribution in [-0.2, 0) is 17.8 Å². The fourth-order valence-electron chi connectivity index (χ4n) is 2.14. The molecule has 20 heavy (non-hydrogen) atoms. The van der Waals surface area contributed by atoms with Gasteiger partial charge < -0.3 is 9.47 Å². The van der Waals surface area contributed by atoms with Gasteiger partial charge in [0.15, 0.2) is 0 Å². The Morgan fingerprint density at radius 1 is 0.850 bits per heavy atom. The van der Waals surface area contributed by atoms with Crippen molar-refractivity contribution < 1.29 is 9.47 Å². The van der Waals surface area contributed by atoms with E-state index in [0.29, 0.717) is 6.61 Å². The lowest BCUT2D eigenvalue weighted by Gasteiger charge is -2.25. The van der Waals surface area contributed by atoms with Gasteiger partial charge in [0, 0.05) is 6.42 Å². The molecule has 0 saturated carbocycles. The summed E-state index contributed by atoms with van der Waals surface area (Å²) < 4.78 is 11.2. The molecule has 0 aliphatic heterocycles. The Morgan fingerprint density at radius 3 is 2.10 bits per heavy atom. The van der Waals surface area contributed by atoms with E-state index >= 15 is 0 Å². The van der Waals surface area contributed by atoms with Crippen molar-refractivity contribution in [2.75, 3.05) is 7.11 Å². The SMILES string of the molecule is COc1ccc(COC(C)(C)Cc2ccccc2)cc1. The molecule has 0 bridgehead atoms. The number of hydrogen-bond donors (Lipinski definition) is 0. The molecule has 2 rings (SSSR count). The van der Waals surface area contributed by atoms with Gasteiger partial charge in [-0.2, -0.15) is 0 Å². The summed E-state index contributed by atoms with van der Waals surface area (Å²) in [5.41, 5.74) is 2.28. The van der Waals surface area contributed by atoms with Crippen LogP contribution in [0.25, 0.3) is 0 Å². The zero-order valence-electron chi connectivity index (χ0n) is 12.4. The minimum Gasteiger partial charge on any atom is -0.497 e. The zero-order valence-corrected chi connectivity index (χ0v) is 12.4. The maximum Gasteiger partial charge on any atom is 0.118 e. The highest BCUT2D eigenvalue weighted by Gasteiger charge is 2.19. The smallest absolute Gasteiger partial charge is 0.118 e. The summed E-state index contributed by atoms with van der Waals surface area (Å²) in [5, 5.41) is 0. The lowest BCUT2D eigenvalue weighted by molar-refractivity contribution is -0.0287. The summed E-state index contributed by atoms with van der Waals surface area (Å²) in [6, 6.07) is 18.4. The standard InChI is InChI=1S/C18H22O2/c1-18(2,13-15-7-5-4-6-8-15)20-14-16-9-11-17(19-3)12-10-16/h4-12H,13-14H2,1-3H3. The average Bonchev–Trinajstić information content (AvgIpc) is 2.46. The Labute approximate surface area is 121 Å². The Kier molecular flexibility index (Phi) is 4.80. The summed E-state index contributed by atoms with van der Waals surface area (Å²) in [7, 11) is 1.68. The van der Waals surface area contributed by atoms with Crippen molar-refractivity contribution >= 4 is 0 Å². The molecule has 0 spiro atoms. The number of methoxy groups -OCH3 is 1. The Balaban J connectivity index is 1.91. The maximum atomic E-state index is 6.05. The number of rotatable bonds is 6. The molecule has 0 aliphatic carbocycles. The van der Waals surface area contributed by atoms with Gasteiger partial charge in [-0.3, -0.25) is 0 Å². The average molecular weight is 270 g/mol. The summed E-state index contributed by atoms with van der Waals surface area (Å²) in [4.78, 5) is 0. The molecule has 0 atom stereocenters. The number of hydrogen-bond acceptors (Lipinski definition) is 2. The van der Waals surface area contributed by atoms with Crippen LogP contribution in [-0.4, -0.2) is 12.7 Å². The predicted octanol–water partition coefficient (Wildman–Crippen LogP) is 4.23. The van der Waals surface area contributed by atoms with E-state index in [1.807, 2.05) is 30.3 Å². The number of benzene rings is 2. The van der Waals surface area contributed by atoms with Gasteiger partial charge in [0.2, 0.25) is 0 Å². The van der Waals surface area contributed by atoms with E-state index in [1.54, 1.807) is 7.11 Å². The molecule has 0 aromatic heterocycles. The molecule has 0 unspecified atom stereocenters. The van der Waals surface area contributed by atoms with Gasteiger partial charge in [-0.05, 0) is 37.1 Å². The van der Waals surface area contributed by atoms with Crippen LogP contribution in [0.3, 0.4) is 0 Å². The van der Waals surface area contributed by atoms with Gasteiger partial charge in [-0.15, -0.1) is 0 Å². The van der Waals surface area contributed by atoms with E-state index in [1.165, 1.54) is 5.56 Å². The normalized spacial score (nSPS) is 11.3. The van der Waals surface area contributed by atoms with Crippen molar-refractivity contribution in [1.29, 1.82) is 0 Å². The molecular weight excluding hydrogens is 248 g/mol. The highest BCUT2D eigenvalue weighted by molar-refractivity contribution is 5.26. The van der Waals surface area contributed by atoms with Gasteiger partial charge in [0.1, 0.15) is 5.75 Å². The van der Waals surface area contributed by atoms with Crippen LogP contribution in [0.5, 0.6) is 5.75 Å². The minimum atomic E-state index is -0.179. The first-order valence-corrected chi connectivity index (χ1v) is 6.90. The third-order valence-electron chi connectivity index (χ3n) is 3.26. The van der Waals surface area contributed by atoms with Crippen LogP contribution in [0.1, 0.15) is 25.0 Å². The van der Waals surface area contributed by atoms with E-state index in [2.05, 4.69) is 38.1 Å². The lowest BCUT2D eigenvalue weighted by atomic mass is 9.98. The molecular formula is C18H22O2. The molecule has 2 nitrogen and oxygen atoms in total. The van der Waals surface area contributed by atoms with Crippen molar-refractivity contribution in [2.45, 2.75) is 32.5 Å². The molecule has 0 heterocycles. The second-order valence-electron chi connectivity index (χ2n) is 5.56. The van der Waals surface area contributed by atoms with Crippen LogP contribution in [0.4, 0.5) is 0 Å². The van der Waals surface area contributed by atoms with Crippen molar-refractivity contribution in [1.82, 2.24) is 0 Å². The maximum absolute atomic E-state index is 6.05. The van der Waals surface area contributed by atoms with Crippen molar-refractivity contribution in [3.8, 4) is 5.75 Å². The molecule has 0 fully saturated rings. The first-order chi connectivity index (χ1) is 9.59. The van der Waals surface area contributed by atoms with Crippen molar-refractivity contribution in [2.24, 2.45) is 0 Å². The fraction of sp³-hybridized carbons (Fsp3) is 0.333. The molecule has 0 aliphatic rings. The van der Waals surface area contributed by atoms with Crippen molar-refractivity contribution in [3.05, 3.63) is 65.7 Å². The molecule has 0 amide bonds. The van der Waals surface area contributed by atoms with E-state index in [4.69, 9.17) is 9.47 Å². The van der Waals surface area contributed by atoms with Crippen molar-refractivity contribution in [3.63, 3.8) is 0 Å². The second-order valence-corrected chi connectivity index (χ2v) is 5.56. The summed E-state index contributed by atoms with van der Waals surface area (Å²) in [5.74, 6) is 0.872. The molecule has 2 aromatic carbocycles. The molecule has 0 radical (unpaired) electrons. The Bertz CT molecular complexity index is 515. The summed E-state index contributed by atoms with van der Waals surface area (Å²) in [6.07, 6.45) is 0.907. The van der Waals surface area contributed by atoms with Crippen LogP contribution < -0.4 is 4.74 Å². The number of ether oxygens (including phenoxy) is 2. The fourth-order valence-corrected chi connectivity index (χ4v) is 2.14. The molecule has 0 saturated heterocycles. The summed E-state index contributed by atoms with van der Waals surface area (Å²) in [6.45, 7) is 4.87. The Morgan fingerprint density at radius 2 is 1.50 bits per heavy atom. The first-order valence-electron chi connectivity index (χ1n) is 6.90. The quantitative estimate of drug-likeness (QED) is 0.782. The minimum absolute atomic E-state index is 0.179. The summed E-state index contributed by atoms with van der Waals surface area (Å²) >= 11 is 0. The largest absolute Gasteiger partial charge is 0.497 e. The third kappa shape index (κ3) is 4.39. The van der Waals surface area contributed by atoms with Crippen LogP contribution in [0.15, 0.2) is 54.6 Å². The first kappa shape index (κ1) is 14.6. The van der Waals surface area contributed by atoms with Crippen LogP contribution in [0.2, 0.25) is 0 Å². The van der Waals surface area contributed by atoms with Gasteiger partial charge >= 0.3 is 0 Å². The highest BCUT2D eigenvalue weighted by atomic mass is 16.5. The highest BCUT2D eigenvalue weighted by Crippen LogP contribution is 2.20. The molecule has 2 aromatic rings. The molecule has 0 N–H and O–H groups in total. The van der Waals surface area contributed by atoms with Crippen LogP contribution in [0, 0.1) is 0 Å². The molecule has 106 valence electrons. The predicted molar refractivity (Wildman–Crippen MR) is 82.0 cm³/mol. The van der Waals surface area contributed by atoms with E-state index in [0.717, 1.165) is 17.7 Å². The Hall–Kier alpha value is -1.80. The molecule has 2 heteroatoms. The van der Waals surface area contributed by atoms with E-state index in [-0.39, 0.29) is 5.60 Å². The van der Waals surface area contributed by atoms with Gasteiger partial charge in [-0.1, -0.05) is 42.5 Å². The third-order valence-corrected chi connectivity index (χ3v) is 3.26. The lowest BCUT2D eigenvalue weighted by Crippen LogP contribution is -2.27. The van der Waals surface area contributed by atoms with E-state index in [9.17, 15) is 0 Å². The van der Waals surface area contributed by atoms with Crippen LogP contribution >= 0.6 is 0 Å². The monoisotopic (exact) mass is 270 g/mol. The van der Waals surface area contributed by atoms with Gasteiger partial charge in [0.05, 0.1) is 19.3 Å². The van der Waals surface area contributed by atoms with Gasteiger partial charge in [0.25, 0.3) is 0 Å². The zero-order chi connectivity index (χ0) is 14.4. The second kappa shape index (κ2) is 6.58.